The number of hydrogen-bond acceptors (Lipinski definition) is 5. The van der Waals surface area contributed by atoms with Crippen LogP contribution in [0.15, 0.2) is 58.5 Å². The lowest BCUT2D eigenvalue weighted by Crippen LogP contribution is -2.22. The van der Waals surface area contributed by atoms with E-state index >= 15 is 0 Å². The molecule has 6 heteroatoms. The number of nitrogens with two attached hydrogens (primary N) is 1. The average molecular weight is 332 g/mol. The molecule has 2 rings (SSSR count). The highest BCUT2D eigenvalue weighted by molar-refractivity contribution is 8.00. The molecule has 1 aromatic rings. The summed E-state index contributed by atoms with van der Waals surface area (Å²) >= 11 is 1.67. The number of rotatable bonds is 6. The van der Waals surface area contributed by atoms with Gasteiger partial charge in [-0.05, 0) is 36.3 Å². The summed E-state index contributed by atoms with van der Waals surface area (Å²) in [7, 11) is 1.71. The molecule has 4 N–H and O–H groups in total. The fraction of sp³-hybridized carbons (Fsp3) is 0.235. The number of fused-ring (bicyclic) bond motifs is 1. The molecule has 1 unspecified atom stereocenters. The van der Waals surface area contributed by atoms with Crippen LogP contribution in [0, 0.1) is 0 Å². The largest absolute Gasteiger partial charge is 0.404 e. The zero-order valence-corrected chi connectivity index (χ0v) is 14.1. The minimum absolute atomic E-state index is 0.0163. The van der Waals surface area contributed by atoms with Crippen molar-refractivity contribution in [3.63, 3.8) is 0 Å². The summed E-state index contributed by atoms with van der Waals surface area (Å²) in [5, 5.41) is 6.11. The van der Waals surface area contributed by atoms with Gasteiger partial charge in [0.25, 0.3) is 0 Å². The number of hydrogen-bond donors (Lipinski definition) is 3. The molecule has 23 heavy (non-hydrogen) atoms. The van der Waals surface area contributed by atoms with E-state index in [9.17, 15) is 4.39 Å². The van der Waals surface area contributed by atoms with Gasteiger partial charge in [-0.2, -0.15) is 4.39 Å². The zero-order valence-electron chi connectivity index (χ0n) is 13.3. The third-order valence-corrected chi connectivity index (χ3v) is 4.70. The summed E-state index contributed by atoms with van der Waals surface area (Å²) < 4.78 is 13.1. The standard InChI is InChI=1S/C17H21FN4S/c1-4-16(18)21-9-11(2)17-22-14-7-12(5-6-15(14)23-17)13(8-19)10-20-3/h4-8,10,17,21-22H,2,9,19H2,1,3H3/b13-8?,16-4-,20-10?. The van der Waals surface area contributed by atoms with Crippen LogP contribution < -0.4 is 16.4 Å². The van der Waals surface area contributed by atoms with Crippen LogP contribution in [0.4, 0.5) is 10.1 Å². The van der Waals surface area contributed by atoms with Crippen molar-refractivity contribution < 1.29 is 4.39 Å². The van der Waals surface area contributed by atoms with Gasteiger partial charge in [-0.1, -0.05) is 24.4 Å². The first-order valence-corrected chi connectivity index (χ1v) is 8.12. The lowest BCUT2D eigenvalue weighted by molar-refractivity contribution is 0.553. The molecule has 1 aliphatic heterocycles. The molecule has 0 spiro atoms. The average Bonchev–Trinajstić information content (AvgIpc) is 3.00. The Morgan fingerprint density at radius 1 is 1.57 bits per heavy atom. The van der Waals surface area contributed by atoms with Crippen molar-refractivity contribution in [2.45, 2.75) is 17.2 Å². The second-order valence-corrected chi connectivity index (χ2v) is 6.16. The number of allylic oxidation sites excluding steroid dienone is 2. The molecule has 0 bridgehead atoms. The number of benzene rings is 1. The second kappa shape index (κ2) is 7.87. The van der Waals surface area contributed by atoms with Crippen molar-refractivity contribution in [2.24, 2.45) is 10.7 Å². The Kier molecular flexibility index (Phi) is 5.87. The van der Waals surface area contributed by atoms with Gasteiger partial charge in [0.05, 0.1) is 0 Å². The van der Waals surface area contributed by atoms with E-state index in [1.54, 1.807) is 31.9 Å². The molecule has 122 valence electrons. The Balaban J connectivity index is 2.08. The molecule has 0 fully saturated rings. The maximum Gasteiger partial charge on any atom is 0.182 e. The van der Waals surface area contributed by atoms with E-state index in [4.69, 9.17) is 5.73 Å². The quantitative estimate of drug-likeness (QED) is 0.424. The second-order valence-electron chi connectivity index (χ2n) is 5.01. The van der Waals surface area contributed by atoms with Gasteiger partial charge in [-0.15, -0.1) is 0 Å². The highest BCUT2D eigenvalue weighted by Crippen LogP contribution is 2.41. The van der Waals surface area contributed by atoms with Crippen molar-refractivity contribution in [1.29, 1.82) is 0 Å². The molecule has 1 aliphatic rings. The summed E-state index contributed by atoms with van der Waals surface area (Å²) in [6, 6.07) is 6.09. The minimum atomic E-state index is -0.342. The van der Waals surface area contributed by atoms with E-state index in [2.05, 4.69) is 22.2 Å². The first-order valence-electron chi connectivity index (χ1n) is 7.24. The number of nitrogens with zero attached hydrogens (tertiary/aromatic N) is 1. The number of anilines is 1. The Hall–Kier alpha value is -2.21. The fourth-order valence-corrected chi connectivity index (χ4v) is 3.24. The summed E-state index contributed by atoms with van der Waals surface area (Å²) in [6.45, 7) is 6.07. The van der Waals surface area contributed by atoms with Gasteiger partial charge in [0, 0.05) is 42.2 Å². The first-order chi connectivity index (χ1) is 11.1. The highest BCUT2D eigenvalue weighted by atomic mass is 32.2. The van der Waals surface area contributed by atoms with Crippen LogP contribution in [0.3, 0.4) is 0 Å². The molecular formula is C17H21FN4S. The Labute approximate surface area is 140 Å². The van der Waals surface area contributed by atoms with E-state index in [1.165, 1.54) is 12.3 Å². The van der Waals surface area contributed by atoms with Crippen LogP contribution in [-0.4, -0.2) is 25.2 Å². The van der Waals surface area contributed by atoms with Crippen LogP contribution in [0.25, 0.3) is 5.57 Å². The number of nitrogens with one attached hydrogen (secondary N) is 2. The number of thioether (sulfide) groups is 1. The Bertz CT molecular complexity index is 679. The monoisotopic (exact) mass is 332 g/mol. The molecule has 0 aromatic heterocycles. The lowest BCUT2D eigenvalue weighted by Gasteiger charge is -2.14. The smallest absolute Gasteiger partial charge is 0.182 e. The van der Waals surface area contributed by atoms with Gasteiger partial charge < -0.3 is 16.4 Å². The van der Waals surface area contributed by atoms with Gasteiger partial charge in [-0.3, -0.25) is 4.99 Å². The van der Waals surface area contributed by atoms with E-state index in [1.807, 2.05) is 18.2 Å². The molecule has 1 atom stereocenters. The van der Waals surface area contributed by atoms with Gasteiger partial charge in [-0.25, -0.2) is 0 Å². The van der Waals surface area contributed by atoms with Crippen molar-refractivity contribution >= 4 is 29.2 Å². The summed E-state index contributed by atoms with van der Waals surface area (Å²) in [5.41, 5.74) is 9.41. The topological polar surface area (TPSA) is 62.4 Å². The molecule has 1 aromatic carbocycles. The maximum absolute atomic E-state index is 13.1. The van der Waals surface area contributed by atoms with Crippen LogP contribution in [0.1, 0.15) is 12.5 Å². The molecule has 0 radical (unpaired) electrons. The van der Waals surface area contributed by atoms with Crippen molar-refractivity contribution in [3.8, 4) is 0 Å². The van der Waals surface area contributed by atoms with Crippen LogP contribution in [-0.2, 0) is 0 Å². The van der Waals surface area contributed by atoms with Crippen molar-refractivity contribution in [3.05, 3.63) is 54.1 Å². The summed E-state index contributed by atoms with van der Waals surface area (Å²) in [4.78, 5) is 5.14. The number of halogens is 1. The molecule has 0 saturated heterocycles. The predicted octanol–water partition coefficient (Wildman–Crippen LogP) is 3.51. The van der Waals surface area contributed by atoms with Crippen LogP contribution in [0.2, 0.25) is 0 Å². The van der Waals surface area contributed by atoms with E-state index in [0.29, 0.717) is 6.54 Å². The lowest BCUT2D eigenvalue weighted by atomic mass is 10.1. The SMILES string of the molecule is C=C(CN/C(F)=C\C)C1Nc2cc(C(C=NC)=CN)ccc2S1. The maximum atomic E-state index is 13.1. The van der Waals surface area contributed by atoms with E-state index in [0.717, 1.165) is 27.3 Å². The van der Waals surface area contributed by atoms with E-state index < -0.39 is 0 Å². The molecule has 0 amide bonds. The first kappa shape index (κ1) is 17.1. The predicted molar refractivity (Wildman–Crippen MR) is 98.3 cm³/mol. The highest BCUT2D eigenvalue weighted by Gasteiger charge is 2.24. The third-order valence-electron chi connectivity index (χ3n) is 3.40. The third kappa shape index (κ3) is 4.16. The van der Waals surface area contributed by atoms with Crippen LogP contribution >= 0.6 is 11.8 Å². The number of aliphatic imine (C=N–C) groups is 1. The van der Waals surface area contributed by atoms with Crippen LogP contribution in [0.5, 0.6) is 0 Å². The normalized spacial score (nSPS) is 18.0. The molecular weight excluding hydrogens is 311 g/mol. The molecule has 1 heterocycles. The van der Waals surface area contributed by atoms with E-state index in [-0.39, 0.29) is 11.3 Å². The van der Waals surface area contributed by atoms with Gasteiger partial charge in [0.15, 0.2) is 5.95 Å². The van der Waals surface area contributed by atoms with Crippen molar-refractivity contribution in [2.75, 3.05) is 18.9 Å². The van der Waals surface area contributed by atoms with Crippen molar-refractivity contribution in [1.82, 2.24) is 5.32 Å². The summed E-state index contributed by atoms with van der Waals surface area (Å²) in [5.74, 6) is -0.342. The molecule has 0 aliphatic carbocycles. The van der Waals surface area contributed by atoms with Gasteiger partial charge in [0.2, 0.25) is 0 Å². The molecule has 4 nitrogen and oxygen atoms in total. The fourth-order valence-electron chi connectivity index (χ4n) is 2.15. The van der Waals surface area contributed by atoms with Gasteiger partial charge in [0.1, 0.15) is 5.37 Å². The minimum Gasteiger partial charge on any atom is -0.404 e. The Morgan fingerprint density at radius 2 is 2.35 bits per heavy atom. The van der Waals surface area contributed by atoms with Gasteiger partial charge >= 0.3 is 0 Å². The Morgan fingerprint density at radius 3 is 3.00 bits per heavy atom. The zero-order chi connectivity index (χ0) is 16.8. The summed E-state index contributed by atoms with van der Waals surface area (Å²) in [6.07, 6.45) is 4.65. The molecule has 0 saturated carbocycles.